The number of pyridine rings is 1. The number of aliphatic hydroxyl groups is 2. The van der Waals surface area contributed by atoms with Gasteiger partial charge in [-0.1, -0.05) is 141 Å². The molecule has 12 N–H and O–H groups in total. The van der Waals surface area contributed by atoms with Gasteiger partial charge in [0.05, 0.1) is 95.2 Å². The summed E-state index contributed by atoms with van der Waals surface area (Å²) in [6.07, 6.45) is 1.62. The number of carbonyl (C=O) groups excluding carboxylic acids is 6. The fraction of sp³-hybridized carbons (Fsp3) is 0.284. The van der Waals surface area contributed by atoms with E-state index in [0.717, 1.165) is 108 Å². The smallest absolute Gasteiger partial charge is 0.406 e. The molecule has 0 bridgehead atoms. The van der Waals surface area contributed by atoms with Crippen LogP contribution in [-0.4, -0.2) is 186 Å². The number of thiophene rings is 2. The van der Waals surface area contributed by atoms with Crippen molar-refractivity contribution in [3.8, 4) is 79.7 Å². The molecule has 756 valence electrons. The summed E-state index contributed by atoms with van der Waals surface area (Å²) >= 11 is 8.89. The first-order chi connectivity index (χ1) is 70.0. The fourth-order valence-corrected chi connectivity index (χ4v) is 20.8. The number of alkyl halides is 3. The summed E-state index contributed by atoms with van der Waals surface area (Å²) in [7, 11) is 8.16. The first-order valence-corrected chi connectivity index (χ1v) is 49.2. The largest absolute Gasteiger partial charge is 0.573 e. The summed E-state index contributed by atoms with van der Waals surface area (Å²) in [5.41, 5.74) is 39.4. The van der Waals surface area contributed by atoms with E-state index in [1.807, 2.05) is 171 Å². The number of benzene rings is 8. The minimum absolute atomic E-state index is 0.00647. The van der Waals surface area contributed by atoms with Crippen molar-refractivity contribution in [1.82, 2.24) is 44.2 Å². The van der Waals surface area contributed by atoms with Crippen LogP contribution in [0.2, 0.25) is 5.02 Å². The van der Waals surface area contributed by atoms with Gasteiger partial charge in [0.1, 0.15) is 28.4 Å². The topological polar surface area (TPSA) is 469 Å². The first-order valence-electron chi connectivity index (χ1n) is 47.1. The number of carbonyl (C=O) groups is 6. The normalized spacial score (nSPS) is 20.6. The Morgan fingerprint density at radius 3 is 1.82 bits per heavy atom. The van der Waals surface area contributed by atoms with Gasteiger partial charge < -0.3 is 53.4 Å². The van der Waals surface area contributed by atoms with Crippen molar-refractivity contribution in [2.24, 2.45) is 66.6 Å². The maximum absolute atomic E-state index is 13.7. The predicted octanol–water partition coefficient (Wildman–Crippen LogP) is 15.8. The lowest BCUT2D eigenvalue weighted by atomic mass is 9.71. The van der Waals surface area contributed by atoms with Gasteiger partial charge in [-0.15, -0.1) is 35.8 Å². The van der Waals surface area contributed by atoms with E-state index in [1.165, 1.54) is 65.4 Å². The Labute approximate surface area is 862 Å². The number of ether oxygens (including phenoxy) is 1. The van der Waals surface area contributed by atoms with E-state index in [2.05, 4.69) is 71.7 Å². The monoisotopic (exact) mass is 2040 g/mol. The summed E-state index contributed by atoms with van der Waals surface area (Å²) in [6.45, 7) is 14.1. The zero-order chi connectivity index (χ0) is 106. The Balaban J connectivity index is 0.000000147. The number of β-amino-alcohol motifs (C(OH)–C–C–N with tert-alkyl or cyclic N) is 1. The standard InChI is InChI=1S/C29H33N5O2.C27H27N5O2S.C18H16F3N3O2.C18H18N4O2S.C17H17ClN6O/c1-4-15-33(16-5-2)26(35)23-11-6-9-21(17-23)20-34-27(36)29(3,32-28(34)30)25-13-7-10-22(18-25)24-12-8-14-31-19-24;1-26(22-14-20(16-35-22)19-8-6-7-18(13-19)15-28)23(24(33)31(2)25(29)30-26)27(34)11-12-32(17-27)21-9-4-3-5-10-21;1-24-16(25)10-15(23-17(24)22)13-6-2-4-11(8-13)12-5-3-7-14(9-12)26-18(19,20)21;1-18(8-16(24)22(2)17(20)21-18)15-7-13(14(10-23)25-15)12-5-3-4-11(6-12)9-19;1-17(8-15(25)23(2)16(20)21-17)14-7-13(22-24(14)3)10-4-5-12(18)11(6-10)9-19/h6-14,17-19H,4-5,15-16,20H2,1-3H3,(H2,30,32);3-10,13-14,16,23,34H,11-12,17H2,1-2H3,(H2,29,30);2-9,15H,10H2,1H3,(H2,22,23);3-7,23H,8,10H2,1-2H3,(H2,20,21);4-7H,8H2,1-3H3,(H2,20,21)/t;23?,26-,27?;;18-;17-/m.1.00/s1. The number of anilines is 1. The van der Waals surface area contributed by atoms with Crippen LogP contribution in [-0.2, 0) is 66.3 Å². The molecule has 32 nitrogen and oxygen atoms in total. The van der Waals surface area contributed by atoms with Gasteiger partial charge in [-0.3, -0.25) is 62.9 Å². The fourth-order valence-electron chi connectivity index (χ4n) is 18.4. The number of hydrogen-bond acceptors (Lipinski definition) is 27. The Hall–Kier alpha value is -16.2. The second-order valence-corrected chi connectivity index (χ2v) is 39.4. The number of aryl methyl sites for hydroxylation is 1. The highest BCUT2D eigenvalue weighted by Crippen LogP contribution is 2.51. The molecule has 1 fully saturated rings. The number of hydrogen-bond donors (Lipinski definition) is 7. The van der Waals surface area contributed by atoms with E-state index < -0.39 is 46.1 Å². The summed E-state index contributed by atoms with van der Waals surface area (Å²) in [5, 5.41) is 56.2. The van der Waals surface area contributed by atoms with Crippen molar-refractivity contribution in [2.75, 3.05) is 59.3 Å². The van der Waals surface area contributed by atoms with Crippen LogP contribution in [0.4, 0.5) is 18.9 Å². The molecule has 4 unspecified atom stereocenters. The number of nitrogens with zero attached hydrogens (tertiary/aromatic N) is 18. The Morgan fingerprint density at radius 2 is 1.19 bits per heavy atom. The van der Waals surface area contributed by atoms with Crippen molar-refractivity contribution < 1.29 is 56.9 Å². The third kappa shape index (κ3) is 23.6. The van der Waals surface area contributed by atoms with Crippen LogP contribution in [0.25, 0.3) is 55.8 Å². The second-order valence-electron chi connectivity index (χ2n) is 37.0. The molecule has 147 heavy (non-hydrogen) atoms. The molecule has 0 radical (unpaired) electrons. The number of nitrogens with two attached hydrogens (primary N) is 5. The third-order valence-electron chi connectivity index (χ3n) is 26.5. The van der Waals surface area contributed by atoms with Gasteiger partial charge >= 0.3 is 6.36 Å². The molecule has 12 aromatic rings. The Morgan fingerprint density at radius 1 is 0.592 bits per heavy atom. The maximum atomic E-state index is 13.7. The lowest BCUT2D eigenvalue weighted by molar-refractivity contribution is -0.274. The van der Waals surface area contributed by atoms with E-state index in [1.54, 1.807) is 126 Å². The molecule has 6 aliphatic rings. The van der Waals surface area contributed by atoms with Gasteiger partial charge in [-0.05, 0) is 223 Å². The highest BCUT2D eigenvalue weighted by Gasteiger charge is 2.59. The number of nitriles is 3. The predicted molar refractivity (Wildman–Crippen MR) is 562 cm³/mol. The number of halogens is 4. The van der Waals surface area contributed by atoms with Crippen molar-refractivity contribution >= 4 is 105 Å². The number of amides is 6. The minimum Gasteiger partial charge on any atom is -0.406 e. The van der Waals surface area contributed by atoms with E-state index in [-0.39, 0.29) is 103 Å². The molecule has 18 rings (SSSR count). The van der Waals surface area contributed by atoms with Crippen LogP contribution in [0.1, 0.15) is 150 Å². The molecule has 6 aliphatic heterocycles. The molecule has 1 saturated heterocycles. The molecule has 7 atom stereocenters. The van der Waals surface area contributed by atoms with E-state index in [9.17, 15) is 57.4 Å². The number of aliphatic imine (C=N–C) groups is 5. The molecule has 6 amide bonds. The number of aromatic nitrogens is 3. The average molecular weight is 2040 g/mol. The number of para-hydroxylation sites is 1. The zero-order valence-corrected chi connectivity index (χ0v) is 85.1. The number of guanidine groups is 5. The van der Waals surface area contributed by atoms with Crippen molar-refractivity contribution in [2.45, 2.75) is 133 Å². The molecule has 0 saturated carbocycles. The van der Waals surface area contributed by atoms with Gasteiger partial charge in [-0.2, -0.15) is 20.9 Å². The summed E-state index contributed by atoms with van der Waals surface area (Å²) in [6, 6.07) is 73.3. The molecular weight excluding hydrogens is 1930 g/mol. The number of aliphatic hydroxyl groups excluding tert-OH is 1. The van der Waals surface area contributed by atoms with E-state index in [0.29, 0.717) is 63.6 Å². The number of rotatable bonds is 21. The average Bonchev–Trinajstić information content (AvgIpc) is 1.54. The van der Waals surface area contributed by atoms with Crippen molar-refractivity contribution in [3.63, 3.8) is 0 Å². The van der Waals surface area contributed by atoms with Crippen LogP contribution >= 0.6 is 34.3 Å². The molecule has 10 heterocycles. The van der Waals surface area contributed by atoms with Crippen LogP contribution in [0.5, 0.6) is 5.75 Å². The van der Waals surface area contributed by atoms with Crippen LogP contribution in [0.3, 0.4) is 0 Å². The lowest BCUT2D eigenvalue weighted by Gasteiger charge is -2.46. The summed E-state index contributed by atoms with van der Waals surface area (Å²) in [5.74, 6) is -1.06. The summed E-state index contributed by atoms with van der Waals surface area (Å²) < 4.78 is 42.9. The van der Waals surface area contributed by atoms with Crippen molar-refractivity contribution in [1.29, 1.82) is 15.8 Å². The summed E-state index contributed by atoms with van der Waals surface area (Å²) in [4.78, 5) is 117. The Bertz CT molecular complexity index is 7310. The SMILES string of the molecule is CCCN(CCC)C(=O)c1cccc(CN2C(=O)C(C)(c3cccc(-c4cccnc4)c3)N=C2N)c1.CN1C(=O)C(C2(O)CCN(c3ccccc3)C2)[C@@](C)(c2cc(-c3cccc(C#N)c3)cs2)N=C1N.CN1C(=O)CC(c2cccc(-c3cccc(OC(F)(F)F)c3)c2)N=C1N.CN1C(=O)C[C@@](C)(c2cc(-c3ccc(Cl)c(C#N)c3)nn2C)N=C1N.CN1C(=O)C[C@@](C)(c2cc(-c3cccc(C#N)c3)c(CO)s2)N=C1N. The molecule has 0 spiro atoms. The highest BCUT2D eigenvalue weighted by atomic mass is 35.5. The van der Waals surface area contributed by atoms with Gasteiger partial charge in [0.2, 0.25) is 23.6 Å². The van der Waals surface area contributed by atoms with Gasteiger partial charge in [0.15, 0.2) is 35.3 Å². The van der Waals surface area contributed by atoms with E-state index >= 15 is 0 Å². The third-order valence-corrected chi connectivity index (χ3v) is 29.3. The minimum atomic E-state index is -4.75. The molecule has 0 aliphatic carbocycles. The molecular formula is C109H111ClF3N23O9S2. The van der Waals surface area contributed by atoms with Gasteiger partial charge in [0.25, 0.3) is 11.8 Å². The molecule has 8 aromatic carbocycles. The van der Waals surface area contributed by atoms with Gasteiger partial charge in [0, 0.05) is 105 Å². The van der Waals surface area contributed by atoms with Crippen LogP contribution in [0.15, 0.2) is 267 Å². The van der Waals surface area contributed by atoms with Crippen molar-refractivity contribution in [3.05, 3.63) is 307 Å². The highest BCUT2D eigenvalue weighted by molar-refractivity contribution is 7.12. The van der Waals surface area contributed by atoms with Crippen LogP contribution < -0.4 is 38.3 Å². The van der Waals surface area contributed by atoms with Crippen LogP contribution in [0, 0.1) is 39.9 Å². The van der Waals surface area contributed by atoms with E-state index in [4.69, 9.17) is 55.8 Å². The lowest BCUT2D eigenvalue weighted by Crippen LogP contribution is -2.62. The zero-order valence-electron chi connectivity index (χ0n) is 82.8. The second kappa shape index (κ2) is 44.5. The quantitative estimate of drug-likeness (QED) is 0.0351. The molecule has 38 heteroatoms. The first kappa shape index (κ1) is 107. The molecule has 4 aromatic heterocycles. The van der Waals surface area contributed by atoms with Gasteiger partial charge in [-0.25, -0.2) is 25.0 Å². The maximum Gasteiger partial charge on any atom is 0.573 e. The Kier molecular flexibility index (Phi) is 32.3.